The maximum atomic E-state index is 10.3. The van der Waals surface area contributed by atoms with Crippen LogP contribution in [0.4, 0.5) is 0 Å². The monoisotopic (exact) mass is 300 g/mol. The third-order valence-corrected chi connectivity index (χ3v) is 2.67. The molecule has 21 heavy (non-hydrogen) atoms. The van der Waals surface area contributed by atoms with E-state index >= 15 is 0 Å². The van der Waals surface area contributed by atoms with Crippen molar-refractivity contribution in [2.75, 3.05) is 19.8 Å². The molecule has 0 radical (unpaired) electrons. The van der Waals surface area contributed by atoms with E-state index in [2.05, 4.69) is 0 Å². The van der Waals surface area contributed by atoms with E-state index < -0.39 is 11.9 Å². The summed E-state index contributed by atoms with van der Waals surface area (Å²) in [5.74, 6) is -2.17. The molecule has 7 heteroatoms. The molecule has 0 amide bonds. The van der Waals surface area contributed by atoms with Crippen LogP contribution in [-0.4, -0.2) is 57.3 Å². The van der Waals surface area contributed by atoms with Crippen LogP contribution < -0.4 is 0 Å². The largest absolute Gasteiger partial charge is 0.478 e. The Bertz CT molecular complexity index is 390. The van der Waals surface area contributed by atoms with E-state index in [9.17, 15) is 9.59 Å². The second kappa shape index (κ2) is 10.8. The van der Waals surface area contributed by atoms with Gasteiger partial charge in [-0.1, -0.05) is 0 Å². The number of hydrogen-bond donors (Lipinski definition) is 5. The van der Waals surface area contributed by atoms with Gasteiger partial charge < -0.3 is 25.5 Å². The summed E-state index contributed by atoms with van der Waals surface area (Å²) in [6.45, 7) is 0.156. The molecule has 0 heterocycles. The predicted octanol–water partition coefficient (Wildman–Crippen LogP) is 0.443. The van der Waals surface area contributed by atoms with Gasteiger partial charge in [-0.2, -0.15) is 0 Å². The van der Waals surface area contributed by atoms with Gasteiger partial charge in [-0.25, -0.2) is 9.59 Å². The Morgan fingerprint density at radius 2 is 1.24 bits per heavy atom. The first-order chi connectivity index (χ1) is 9.96. The van der Waals surface area contributed by atoms with Crippen molar-refractivity contribution < 1.29 is 35.1 Å². The van der Waals surface area contributed by atoms with Crippen LogP contribution in [0, 0.1) is 5.92 Å². The Balaban J connectivity index is 0.000000400. The Kier molecular flexibility index (Phi) is 9.78. The van der Waals surface area contributed by atoms with Crippen molar-refractivity contribution in [3.8, 4) is 0 Å². The van der Waals surface area contributed by atoms with Gasteiger partial charge >= 0.3 is 11.9 Å². The van der Waals surface area contributed by atoms with E-state index in [-0.39, 0.29) is 36.9 Å². The highest BCUT2D eigenvalue weighted by molar-refractivity contribution is 5.91. The highest BCUT2D eigenvalue weighted by Gasteiger charge is 2.05. The zero-order valence-corrected chi connectivity index (χ0v) is 11.5. The topological polar surface area (TPSA) is 135 Å². The quantitative estimate of drug-likeness (QED) is 0.493. The molecule has 0 aliphatic heterocycles. The number of carbonyl (C=O) groups is 2. The standard InChI is InChI=1S/C8H6O4.C6H14O3/c9-7(10)5-1-2-6(4-3-5)8(11)12;7-3-1-2-6(4-8)5-9/h1-4H,(H,9,10)(H,11,12);6-9H,1-5H2. The van der Waals surface area contributed by atoms with Crippen molar-refractivity contribution in [2.24, 2.45) is 5.92 Å². The first kappa shape index (κ1) is 19.0. The molecule has 0 saturated heterocycles. The number of hydrogen-bond acceptors (Lipinski definition) is 5. The van der Waals surface area contributed by atoms with Gasteiger partial charge in [0.1, 0.15) is 0 Å². The lowest BCUT2D eigenvalue weighted by Crippen LogP contribution is -2.11. The van der Waals surface area contributed by atoms with Crippen LogP contribution in [0.5, 0.6) is 0 Å². The molecule has 0 saturated carbocycles. The minimum absolute atomic E-state index is 0.0104. The second-order valence-electron chi connectivity index (χ2n) is 4.28. The first-order valence-corrected chi connectivity index (χ1v) is 6.35. The predicted molar refractivity (Wildman–Crippen MR) is 74.3 cm³/mol. The molecule has 1 rings (SSSR count). The fraction of sp³-hybridized carbons (Fsp3) is 0.429. The Hall–Kier alpha value is -1.96. The van der Waals surface area contributed by atoms with Gasteiger partial charge in [0.2, 0.25) is 0 Å². The lowest BCUT2D eigenvalue weighted by atomic mass is 10.1. The van der Waals surface area contributed by atoms with Gasteiger partial charge in [-0.05, 0) is 37.1 Å². The maximum Gasteiger partial charge on any atom is 0.335 e. The van der Waals surface area contributed by atoms with E-state index in [0.29, 0.717) is 12.8 Å². The molecule has 1 aromatic rings. The average Bonchev–Trinajstić information content (AvgIpc) is 2.49. The third kappa shape index (κ3) is 8.03. The van der Waals surface area contributed by atoms with Crippen LogP contribution in [0.2, 0.25) is 0 Å². The molecule has 0 bridgehead atoms. The first-order valence-electron chi connectivity index (χ1n) is 6.35. The molecule has 0 fully saturated rings. The normalized spacial score (nSPS) is 9.90. The molecule has 0 unspecified atom stereocenters. The Morgan fingerprint density at radius 3 is 1.48 bits per heavy atom. The van der Waals surface area contributed by atoms with Crippen LogP contribution in [0.1, 0.15) is 33.6 Å². The van der Waals surface area contributed by atoms with Crippen LogP contribution >= 0.6 is 0 Å². The number of carboxylic acid groups (broad SMARTS) is 2. The molecule has 0 aromatic heterocycles. The molecule has 0 spiro atoms. The summed E-state index contributed by atoms with van der Waals surface area (Å²) in [6.07, 6.45) is 1.36. The van der Waals surface area contributed by atoms with Gasteiger partial charge in [0.05, 0.1) is 11.1 Å². The Labute approximate surface area is 122 Å². The van der Waals surface area contributed by atoms with Crippen molar-refractivity contribution in [1.29, 1.82) is 0 Å². The minimum atomic E-state index is -1.06. The van der Waals surface area contributed by atoms with E-state index in [4.69, 9.17) is 25.5 Å². The summed E-state index contributed by atoms with van der Waals surface area (Å²) in [7, 11) is 0. The Morgan fingerprint density at radius 1 is 0.857 bits per heavy atom. The van der Waals surface area contributed by atoms with Crippen molar-refractivity contribution in [1.82, 2.24) is 0 Å². The van der Waals surface area contributed by atoms with Crippen molar-refractivity contribution in [3.05, 3.63) is 35.4 Å². The fourth-order valence-corrected chi connectivity index (χ4v) is 1.38. The van der Waals surface area contributed by atoms with Crippen molar-refractivity contribution in [2.45, 2.75) is 12.8 Å². The molecule has 118 valence electrons. The summed E-state index contributed by atoms with van der Waals surface area (Å²) in [5, 5.41) is 42.3. The van der Waals surface area contributed by atoms with E-state index in [1.54, 1.807) is 0 Å². The van der Waals surface area contributed by atoms with Crippen LogP contribution in [0.25, 0.3) is 0 Å². The van der Waals surface area contributed by atoms with E-state index in [1.165, 1.54) is 24.3 Å². The average molecular weight is 300 g/mol. The number of rotatable bonds is 7. The third-order valence-electron chi connectivity index (χ3n) is 2.67. The fourth-order valence-electron chi connectivity index (χ4n) is 1.38. The molecule has 0 aliphatic carbocycles. The molecule has 0 atom stereocenters. The summed E-state index contributed by atoms with van der Waals surface area (Å²) in [6, 6.07) is 5.02. The van der Waals surface area contributed by atoms with Gasteiger partial charge in [0, 0.05) is 25.7 Å². The minimum Gasteiger partial charge on any atom is -0.478 e. The highest BCUT2D eigenvalue weighted by atomic mass is 16.4. The number of aliphatic hydroxyl groups is 3. The zero-order valence-electron chi connectivity index (χ0n) is 11.5. The summed E-state index contributed by atoms with van der Waals surface area (Å²) in [4.78, 5) is 20.7. The number of benzene rings is 1. The van der Waals surface area contributed by atoms with E-state index in [0.717, 1.165) is 0 Å². The molecular weight excluding hydrogens is 280 g/mol. The van der Waals surface area contributed by atoms with Gasteiger partial charge in [-0.15, -0.1) is 0 Å². The van der Waals surface area contributed by atoms with Gasteiger partial charge in [0.25, 0.3) is 0 Å². The number of aliphatic hydroxyl groups excluding tert-OH is 3. The summed E-state index contributed by atoms with van der Waals surface area (Å²) in [5.41, 5.74) is 0.167. The molecule has 0 aliphatic rings. The van der Waals surface area contributed by atoms with Crippen LogP contribution in [-0.2, 0) is 0 Å². The van der Waals surface area contributed by atoms with Gasteiger partial charge in [-0.3, -0.25) is 0 Å². The van der Waals surface area contributed by atoms with Crippen molar-refractivity contribution >= 4 is 11.9 Å². The number of aromatic carboxylic acids is 2. The molecule has 7 nitrogen and oxygen atoms in total. The zero-order chi connectivity index (χ0) is 16.3. The summed E-state index contributed by atoms with van der Waals surface area (Å²) >= 11 is 0. The lowest BCUT2D eigenvalue weighted by molar-refractivity contribution is 0.0681. The lowest BCUT2D eigenvalue weighted by Gasteiger charge is -2.07. The number of carboxylic acids is 2. The van der Waals surface area contributed by atoms with Crippen molar-refractivity contribution in [3.63, 3.8) is 0 Å². The van der Waals surface area contributed by atoms with E-state index in [1.807, 2.05) is 0 Å². The summed E-state index contributed by atoms with van der Waals surface area (Å²) < 4.78 is 0. The highest BCUT2D eigenvalue weighted by Crippen LogP contribution is 2.04. The smallest absolute Gasteiger partial charge is 0.335 e. The van der Waals surface area contributed by atoms with Gasteiger partial charge in [0.15, 0.2) is 0 Å². The molecular formula is C14H20O7. The second-order valence-corrected chi connectivity index (χ2v) is 4.28. The molecule has 5 N–H and O–H groups in total. The van der Waals surface area contributed by atoms with Crippen LogP contribution in [0.15, 0.2) is 24.3 Å². The maximum absolute atomic E-state index is 10.3. The molecule has 1 aromatic carbocycles. The SMILES string of the molecule is O=C(O)c1ccc(C(=O)O)cc1.OCCCC(CO)CO. The van der Waals surface area contributed by atoms with Crippen LogP contribution in [0.3, 0.4) is 0 Å².